The predicted molar refractivity (Wildman–Crippen MR) is 147 cm³/mol. The van der Waals surface area contributed by atoms with Crippen LogP contribution in [0.2, 0.25) is 0 Å². The maximum atomic E-state index is 12.4. The molecular formula is C30H31NO11. The number of carboxylic acids is 2. The third-order valence-electron chi connectivity index (χ3n) is 7.10. The fourth-order valence-corrected chi connectivity index (χ4v) is 5.58. The minimum atomic E-state index is -1.20. The lowest BCUT2D eigenvalue weighted by Crippen LogP contribution is -2.33. The number of methoxy groups -OCH3 is 3. The third-order valence-corrected chi connectivity index (χ3v) is 7.10. The molecule has 42 heavy (non-hydrogen) atoms. The van der Waals surface area contributed by atoms with Crippen LogP contribution in [-0.2, 0) is 9.59 Å². The van der Waals surface area contributed by atoms with Gasteiger partial charge in [0.05, 0.1) is 46.6 Å². The van der Waals surface area contributed by atoms with E-state index in [4.69, 9.17) is 33.2 Å². The van der Waals surface area contributed by atoms with Crippen LogP contribution in [0.15, 0.2) is 42.5 Å². The van der Waals surface area contributed by atoms with E-state index in [9.17, 15) is 19.8 Å². The molecule has 0 bridgehead atoms. The number of carboxylic acid groups (broad SMARTS) is 2. The molecule has 0 fully saturated rings. The second-order valence-electron chi connectivity index (χ2n) is 9.45. The second kappa shape index (κ2) is 12.0. The Labute approximate surface area is 241 Å². The summed E-state index contributed by atoms with van der Waals surface area (Å²) >= 11 is 0. The van der Waals surface area contributed by atoms with E-state index in [1.165, 1.54) is 21.3 Å². The molecule has 2 N–H and O–H groups in total. The topological polar surface area (TPSA) is 142 Å². The van der Waals surface area contributed by atoms with Crippen LogP contribution in [0.25, 0.3) is 0 Å². The Hall–Kier alpha value is -4.84. The monoisotopic (exact) mass is 581 g/mol. The summed E-state index contributed by atoms with van der Waals surface area (Å²) in [5, 5.41) is 19.6. The number of ether oxygens (including phenoxy) is 7. The second-order valence-corrected chi connectivity index (χ2v) is 9.45. The SMILES string of the molecule is CCOc1ccc2c(c1)[C@H](c1cc(OC)c(OC)c(OC)c1OCC(=O)O)N(CC(=O)O)[C@@H]2c1ccc2c(c1)OCO2. The van der Waals surface area contributed by atoms with E-state index in [1.807, 2.05) is 37.3 Å². The molecule has 3 aromatic rings. The van der Waals surface area contributed by atoms with Crippen molar-refractivity contribution in [2.75, 3.05) is 47.9 Å². The predicted octanol–water partition coefficient (Wildman–Crippen LogP) is 3.88. The van der Waals surface area contributed by atoms with Crippen LogP contribution in [0, 0.1) is 0 Å². The summed E-state index contributed by atoms with van der Waals surface area (Å²) in [5.41, 5.74) is 2.75. The zero-order valence-electron chi connectivity index (χ0n) is 23.5. The van der Waals surface area contributed by atoms with E-state index >= 15 is 0 Å². The Morgan fingerprint density at radius 3 is 2.24 bits per heavy atom. The van der Waals surface area contributed by atoms with Gasteiger partial charge in [0, 0.05) is 5.56 Å². The van der Waals surface area contributed by atoms with Gasteiger partial charge in [-0.2, -0.15) is 0 Å². The standard InChI is InChI=1S/C30H31NO11/c1-5-39-17-7-8-18-19(11-17)27(20-12-23(36-2)29(37-3)30(38-4)28(20)40-14-25(34)35)31(13-24(32)33)26(18)16-6-9-21-22(10-16)42-15-41-21/h6-12,26-27H,5,13-15H2,1-4H3,(H,32,33)(H,34,35)/t26-,27-/m1/s1. The van der Waals surface area contributed by atoms with Gasteiger partial charge in [0.2, 0.25) is 18.3 Å². The molecule has 5 rings (SSSR count). The molecule has 222 valence electrons. The molecule has 0 saturated heterocycles. The number of benzene rings is 3. The van der Waals surface area contributed by atoms with Crippen molar-refractivity contribution in [2.45, 2.75) is 19.0 Å². The van der Waals surface area contributed by atoms with Crippen LogP contribution in [0.5, 0.6) is 40.2 Å². The average Bonchev–Trinajstić information content (AvgIpc) is 3.56. The lowest BCUT2D eigenvalue weighted by molar-refractivity contribution is -0.139. The molecule has 0 unspecified atom stereocenters. The first-order valence-electron chi connectivity index (χ1n) is 13.1. The Balaban J connectivity index is 1.79. The lowest BCUT2D eigenvalue weighted by Gasteiger charge is -2.31. The fraction of sp³-hybridized carbons (Fsp3) is 0.333. The van der Waals surface area contributed by atoms with Crippen molar-refractivity contribution < 1.29 is 53.0 Å². The van der Waals surface area contributed by atoms with Crippen LogP contribution in [0.4, 0.5) is 0 Å². The molecule has 12 nitrogen and oxygen atoms in total. The van der Waals surface area contributed by atoms with E-state index in [1.54, 1.807) is 17.0 Å². The van der Waals surface area contributed by atoms with E-state index in [2.05, 4.69) is 0 Å². The molecular weight excluding hydrogens is 550 g/mol. The molecule has 0 aromatic heterocycles. The summed E-state index contributed by atoms with van der Waals surface area (Å²) in [4.78, 5) is 25.7. The van der Waals surface area contributed by atoms with Crippen molar-refractivity contribution >= 4 is 11.9 Å². The van der Waals surface area contributed by atoms with Gasteiger partial charge < -0.3 is 43.4 Å². The molecule has 0 aliphatic carbocycles. The Bertz CT molecular complexity index is 1510. The number of hydrogen-bond donors (Lipinski definition) is 2. The van der Waals surface area contributed by atoms with Gasteiger partial charge in [0.1, 0.15) is 5.75 Å². The normalized spacial score (nSPS) is 17.0. The van der Waals surface area contributed by atoms with Crippen molar-refractivity contribution in [1.82, 2.24) is 4.90 Å². The molecule has 2 heterocycles. The largest absolute Gasteiger partial charge is 0.494 e. The Morgan fingerprint density at radius 2 is 1.57 bits per heavy atom. The minimum absolute atomic E-state index is 0.0806. The molecule has 0 saturated carbocycles. The molecule has 3 aromatic carbocycles. The first kappa shape index (κ1) is 28.7. The first-order chi connectivity index (χ1) is 20.3. The first-order valence-corrected chi connectivity index (χ1v) is 13.1. The number of rotatable bonds is 12. The smallest absolute Gasteiger partial charge is 0.341 e. The van der Waals surface area contributed by atoms with Crippen molar-refractivity contribution in [3.63, 3.8) is 0 Å². The van der Waals surface area contributed by atoms with E-state index in [0.717, 1.165) is 16.7 Å². The van der Waals surface area contributed by atoms with Crippen molar-refractivity contribution in [1.29, 1.82) is 0 Å². The summed E-state index contributed by atoms with van der Waals surface area (Å²) in [5.74, 6) is 0.139. The summed E-state index contributed by atoms with van der Waals surface area (Å²) < 4.78 is 39.6. The average molecular weight is 582 g/mol. The van der Waals surface area contributed by atoms with Crippen LogP contribution in [-0.4, -0.2) is 74.9 Å². The lowest BCUT2D eigenvalue weighted by atomic mass is 9.94. The Morgan fingerprint density at radius 1 is 0.810 bits per heavy atom. The van der Waals surface area contributed by atoms with Crippen LogP contribution in [0.3, 0.4) is 0 Å². The van der Waals surface area contributed by atoms with Crippen molar-refractivity contribution in [3.05, 3.63) is 64.7 Å². The fourth-order valence-electron chi connectivity index (χ4n) is 5.58. The zero-order chi connectivity index (χ0) is 30.0. The van der Waals surface area contributed by atoms with Gasteiger partial charge in [0.25, 0.3) is 0 Å². The highest BCUT2D eigenvalue weighted by atomic mass is 16.7. The van der Waals surface area contributed by atoms with Gasteiger partial charge >= 0.3 is 11.9 Å². The summed E-state index contributed by atoms with van der Waals surface area (Å²) in [7, 11) is 4.28. The van der Waals surface area contributed by atoms with Gasteiger partial charge in [0.15, 0.2) is 29.6 Å². The quantitative estimate of drug-likeness (QED) is 0.320. The highest BCUT2D eigenvalue weighted by Crippen LogP contribution is 2.56. The van der Waals surface area contributed by atoms with Crippen LogP contribution in [0.1, 0.15) is 41.3 Å². The molecule has 0 amide bonds. The Kier molecular flexibility index (Phi) is 8.16. The number of aliphatic carboxylic acids is 2. The van der Waals surface area contributed by atoms with Gasteiger partial charge in [-0.25, -0.2) is 4.79 Å². The van der Waals surface area contributed by atoms with Gasteiger partial charge in [-0.3, -0.25) is 9.69 Å². The highest BCUT2D eigenvalue weighted by molar-refractivity contribution is 5.72. The van der Waals surface area contributed by atoms with Crippen molar-refractivity contribution in [2.24, 2.45) is 0 Å². The number of nitrogens with zero attached hydrogens (tertiary/aromatic N) is 1. The molecule has 2 aliphatic rings. The van der Waals surface area contributed by atoms with E-state index in [-0.39, 0.29) is 36.3 Å². The number of fused-ring (bicyclic) bond motifs is 2. The highest BCUT2D eigenvalue weighted by Gasteiger charge is 2.44. The van der Waals surface area contributed by atoms with Crippen LogP contribution >= 0.6 is 0 Å². The van der Waals surface area contributed by atoms with E-state index < -0.39 is 30.6 Å². The van der Waals surface area contributed by atoms with Gasteiger partial charge in [-0.1, -0.05) is 12.1 Å². The molecule has 2 atom stereocenters. The summed E-state index contributed by atoms with van der Waals surface area (Å²) in [6.45, 7) is 1.33. The number of hydrogen-bond acceptors (Lipinski definition) is 10. The zero-order valence-corrected chi connectivity index (χ0v) is 23.5. The van der Waals surface area contributed by atoms with E-state index in [0.29, 0.717) is 29.4 Å². The van der Waals surface area contributed by atoms with Crippen molar-refractivity contribution in [3.8, 4) is 40.2 Å². The molecule has 12 heteroatoms. The summed E-state index contributed by atoms with van der Waals surface area (Å²) in [6.07, 6.45) is 0. The summed E-state index contributed by atoms with van der Waals surface area (Å²) in [6, 6.07) is 11.4. The minimum Gasteiger partial charge on any atom is -0.494 e. The van der Waals surface area contributed by atoms with Gasteiger partial charge in [-0.05, 0) is 53.9 Å². The maximum absolute atomic E-state index is 12.4. The van der Waals surface area contributed by atoms with Gasteiger partial charge in [-0.15, -0.1) is 0 Å². The van der Waals surface area contributed by atoms with Crippen LogP contribution < -0.4 is 33.2 Å². The molecule has 2 aliphatic heterocycles. The number of carbonyl (C=O) groups is 2. The maximum Gasteiger partial charge on any atom is 0.341 e. The molecule has 0 spiro atoms. The molecule has 0 radical (unpaired) electrons. The third kappa shape index (κ3) is 5.16.